The molecular formula is C18H12ClN3O7. The summed E-state index contributed by atoms with van der Waals surface area (Å²) in [5.41, 5.74) is 0.114. The molecule has 1 aromatic heterocycles. The minimum atomic E-state index is -0.571. The first-order valence-corrected chi connectivity index (χ1v) is 8.42. The van der Waals surface area contributed by atoms with Crippen molar-refractivity contribution in [2.75, 3.05) is 5.32 Å². The molecule has 0 fully saturated rings. The monoisotopic (exact) mass is 417 g/mol. The highest BCUT2D eigenvalue weighted by Crippen LogP contribution is 2.29. The number of nitrogens with zero attached hydrogens (tertiary/aromatic N) is 2. The van der Waals surface area contributed by atoms with Crippen molar-refractivity contribution in [2.45, 2.75) is 6.61 Å². The van der Waals surface area contributed by atoms with Gasteiger partial charge in [0.1, 0.15) is 18.1 Å². The molecule has 0 saturated carbocycles. The standard InChI is InChI=1S/C18H12ClN3O7/c19-15-9-13(22(26)27)5-7-16(15)28-10-14-6-8-17(29-14)18(23)20-11-1-3-12(4-2-11)21(24)25/h1-9H,10H2,(H,20,23). The molecule has 1 heterocycles. The number of benzene rings is 2. The maximum atomic E-state index is 12.2. The van der Waals surface area contributed by atoms with Gasteiger partial charge in [0.15, 0.2) is 5.76 Å². The van der Waals surface area contributed by atoms with Crippen molar-refractivity contribution in [3.63, 3.8) is 0 Å². The fourth-order valence-corrected chi connectivity index (χ4v) is 2.54. The number of nitro groups is 2. The van der Waals surface area contributed by atoms with Crippen LogP contribution in [0.3, 0.4) is 0 Å². The second-order valence-corrected chi connectivity index (χ2v) is 6.09. The van der Waals surface area contributed by atoms with Crippen molar-refractivity contribution in [1.82, 2.24) is 0 Å². The summed E-state index contributed by atoms with van der Waals surface area (Å²) in [6.45, 7) is -0.0532. The number of hydrogen-bond donors (Lipinski definition) is 1. The highest BCUT2D eigenvalue weighted by molar-refractivity contribution is 6.32. The Morgan fingerprint density at radius 2 is 1.66 bits per heavy atom. The van der Waals surface area contributed by atoms with Crippen LogP contribution in [-0.4, -0.2) is 15.8 Å². The average Bonchev–Trinajstić information content (AvgIpc) is 3.16. The van der Waals surface area contributed by atoms with E-state index >= 15 is 0 Å². The Morgan fingerprint density at radius 1 is 1.00 bits per heavy atom. The lowest BCUT2D eigenvalue weighted by Crippen LogP contribution is -2.10. The minimum Gasteiger partial charge on any atom is -0.484 e. The van der Waals surface area contributed by atoms with Gasteiger partial charge in [-0.3, -0.25) is 25.0 Å². The van der Waals surface area contributed by atoms with Crippen molar-refractivity contribution in [2.24, 2.45) is 0 Å². The quantitative estimate of drug-likeness (QED) is 0.438. The maximum absolute atomic E-state index is 12.2. The van der Waals surface area contributed by atoms with Crippen LogP contribution in [0.1, 0.15) is 16.3 Å². The molecule has 1 N–H and O–H groups in total. The number of halogens is 1. The number of nitro benzene ring substituents is 2. The molecule has 0 radical (unpaired) electrons. The number of amides is 1. The Balaban J connectivity index is 1.61. The number of rotatable bonds is 7. The van der Waals surface area contributed by atoms with Gasteiger partial charge in [0.25, 0.3) is 17.3 Å². The fourth-order valence-electron chi connectivity index (χ4n) is 2.31. The molecule has 0 saturated heterocycles. The van der Waals surface area contributed by atoms with E-state index < -0.39 is 15.8 Å². The summed E-state index contributed by atoms with van der Waals surface area (Å²) in [7, 11) is 0. The highest BCUT2D eigenvalue weighted by atomic mass is 35.5. The zero-order valence-corrected chi connectivity index (χ0v) is 15.3. The topological polar surface area (TPSA) is 138 Å². The second kappa shape index (κ2) is 8.40. The SMILES string of the molecule is O=C(Nc1ccc([N+](=O)[O-])cc1)c1ccc(COc2ccc([N+](=O)[O-])cc2Cl)o1. The zero-order valence-electron chi connectivity index (χ0n) is 14.5. The third-order valence-electron chi connectivity index (χ3n) is 3.72. The van der Waals surface area contributed by atoms with Gasteiger partial charge in [0.05, 0.1) is 14.9 Å². The van der Waals surface area contributed by atoms with Gasteiger partial charge >= 0.3 is 0 Å². The molecule has 2 aromatic carbocycles. The Kier molecular flexibility index (Phi) is 5.74. The van der Waals surface area contributed by atoms with E-state index in [-0.39, 0.29) is 34.5 Å². The molecule has 3 rings (SSSR count). The molecule has 29 heavy (non-hydrogen) atoms. The van der Waals surface area contributed by atoms with Crippen LogP contribution in [0.15, 0.2) is 59.0 Å². The van der Waals surface area contributed by atoms with Gasteiger partial charge in [0, 0.05) is 30.0 Å². The van der Waals surface area contributed by atoms with Crippen LogP contribution in [0.2, 0.25) is 5.02 Å². The summed E-state index contributed by atoms with van der Waals surface area (Å²) in [5, 5.41) is 24.0. The Bertz CT molecular complexity index is 1080. The number of nitrogens with one attached hydrogen (secondary N) is 1. The third-order valence-corrected chi connectivity index (χ3v) is 4.01. The van der Waals surface area contributed by atoms with E-state index in [2.05, 4.69) is 5.32 Å². The van der Waals surface area contributed by atoms with E-state index in [1.165, 1.54) is 54.6 Å². The molecule has 0 aliphatic carbocycles. The lowest BCUT2D eigenvalue weighted by Gasteiger charge is -2.06. The molecule has 148 valence electrons. The van der Waals surface area contributed by atoms with E-state index in [1.54, 1.807) is 0 Å². The van der Waals surface area contributed by atoms with Gasteiger partial charge in [-0.1, -0.05) is 11.6 Å². The molecule has 3 aromatic rings. The summed E-state index contributed by atoms with van der Waals surface area (Å²) >= 11 is 5.95. The molecular weight excluding hydrogens is 406 g/mol. The molecule has 0 unspecified atom stereocenters. The predicted octanol–water partition coefficient (Wildman–Crippen LogP) is 4.58. The van der Waals surface area contributed by atoms with E-state index in [9.17, 15) is 25.0 Å². The van der Waals surface area contributed by atoms with E-state index in [4.69, 9.17) is 20.8 Å². The van der Waals surface area contributed by atoms with Crippen molar-refractivity contribution in [3.05, 3.63) is 91.4 Å². The van der Waals surface area contributed by atoms with Crippen LogP contribution in [0.4, 0.5) is 17.1 Å². The first-order chi connectivity index (χ1) is 13.8. The van der Waals surface area contributed by atoms with Gasteiger partial charge in [0.2, 0.25) is 0 Å². The number of anilines is 1. The normalized spacial score (nSPS) is 10.4. The highest BCUT2D eigenvalue weighted by Gasteiger charge is 2.14. The first kappa shape index (κ1) is 19.8. The molecule has 0 bridgehead atoms. The van der Waals surface area contributed by atoms with Gasteiger partial charge < -0.3 is 14.5 Å². The largest absolute Gasteiger partial charge is 0.484 e. The number of carbonyl (C=O) groups is 1. The first-order valence-electron chi connectivity index (χ1n) is 8.05. The smallest absolute Gasteiger partial charge is 0.291 e. The van der Waals surface area contributed by atoms with Crippen LogP contribution in [0.25, 0.3) is 0 Å². The Hall–Kier alpha value is -3.92. The van der Waals surface area contributed by atoms with Crippen molar-refractivity contribution >= 4 is 34.6 Å². The Labute approximate surface area is 168 Å². The van der Waals surface area contributed by atoms with Crippen LogP contribution in [0, 0.1) is 20.2 Å². The molecule has 0 aliphatic heterocycles. The maximum Gasteiger partial charge on any atom is 0.291 e. The van der Waals surface area contributed by atoms with Gasteiger partial charge in [-0.05, 0) is 30.3 Å². The molecule has 10 nitrogen and oxygen atoms in total. The summed E-state index contributed by atoms with van der Waals surface area (Å²) in [6, 6.07) is 12.1. The van der Waals surface area contributed by atoms with E-state index in [0.29, 0.717) is 11.4 Å². The van der Waals surface area contributed by atoms with Gasteiger partial charge in [-0.2, -0.15) is 0 Å². The number of carbonyl (C=O) groups excluding carboxylic acids is 1. The minimum absolute atomic E-state index is 0.0109. The number of furan rings is 1. The average molecular weight is 418 g/mol. The fraction of sp³-hybridized carbons (Fsp3) is 0.0556. The van der Waals surface area contributed by atoms with Crippen molar-refractivity contribution in [1.29, 1.82) is 0 Å². The molecule has 11 heteroatoms. The lowest BCUT2D eigenvalue weighted by atomic mass is 10.3. The number of non-ortho nitro benzene ring substituents is 2. The number of ether oxygens (including phenoxy) is 1. The van der Waals surface area contributed by atoms with Gasteiger partial charge in [-0.25, -0.2) is 0 Å². The van der Waals surface area contributed by atoms with E-state index in [0.717, 1.165) is 0 Å². The summed E-state index contributed by atoms with van der Waals surface area (Å²) in [6.07, 6.45) is 0. The third kappa shape index (κ3) is 4.87. The summed E-state index contributed by atoms with van der Waals surface area (Å²) in [4.78, 5) is 32.5. The zero-order chi connectivity index (χ0) is 21.0. The predicted molar refractivity (Wildman–Crippen MR) is 102 cm³/mol. The van der Waals surface area contributed by atoms with Crippen LogP contribution in [0.5, 0.6) is 5.75 Å². The van der Waals surface area contributed by atoms with Crippen molar-refractivity contribution in [3.8, 4) is 5.75 Å². The van der Waals surface area contributed by atoms with Gasteiger partial charge in [-0.15, -0.1) is 0 Å². The van der Waals surface area contributed by atoms with Crippen LogP contribution < -0.4 is 10.1 Å². The molecule has 0 spiro atoms. The summed E-state index contributed by atoms with van der Waals surface area (Å²) < 4.78 is 10.9. The molecule has 1 amide bonds. The van der Waals surface area contributed by atoms with Crippen LogP contribution in [-0.2, 0) is 6.61 Å². The van der Waals surface area contributed by atoms with Crippen molar-refractivity contribution < 1.29 is 23.8 Å². The molecule has 0 aliphatic rings. The number of hydrogen-bond acceptors (Lipinski definition) is 7. The van der Waals surface area contributed by atoms with E-state index in [1.807, 2.05) is 0 Å². The lowest BCUT2D eigenvalue weighted by molar-refractivity contribution is -0.385. The summed E-state index contributed by atoms with van der Waals surface area (Å²) in [5.74, 6) is 0.0223. The Morgan fingerprint density at radius 3 is 2.28 bits per heavy atom. The second-order valence-electron chi connectivity index (χ2n) is 5.68. The van der Waals surface area contributed by atoms with Crippen LogP contribution >= 0.6 is 11.6 Å². The molecule has 0 atom stereocenters.